The van der Waals surface area contributed by atoms with Crippen LogP contribution in [0.2, 0.25) is 0 Å². The molecule has 5 nitrogen and oxygen atoms in total. The molecule has 0 radical (unpaired) electrons. The van der Waals surface area contributed by atoms with E-state index in [0.717, 1.165) is 18.8 Å². The minimum atomic E-state index is 0.266. The van der Waals surface area contributed by atoms with Crippen LogP contribution < -0.4 is 5.32 Å². The van der Waals surface area contributed by atoms with E-state index < -0.39 is 0 Å². The molecule has 1 aromatic rings. The van der Waals surface area contributed by atoms with Gasteiger partial charge in [-0.3, -0.25) is 4.68 Å². The maximum Gasteiger partial charge on any atom is 0.138 e. The van der Waals surface area contributed by atoms with E-state index in [1.165, 1.54) is 32.1 Å². The zero-order valence-electron chi connectivity index (χ0n) is 13.0. The first-order valence-electron chi connectivity index (χ1n) is 7.86. The van der Waals surface area contributed by atoms with Crippen LogP contribution in [0.3, 0.4) is 0 Å². The third kappa shape index (κ3) is 3.58. The van der Waals surface area contributed by atoms with Gasteiger partial charge < -0.3 is 10.1 Å². The highest BCUT2D eigenvalue weighted by atomic mass is 16.5. The summed E-state index contributed by atoms with van der Waals surface area (Å²) in [5.74, 6) is 1.72. The minimum absolute atomic E-state index is 0.266. The van der Waals surface area contributed by atoms with E-state index >= 15 is 0 Å². The highest BCUT2D eigenvalue weighted by molar-refractivity contribution is 4.94. The molecule has 0 bridgehead atoms. The van der Waals surface area contributed by atoms with Gasteiger partial charge in [0.1, 0.15) is 12.2 Å². The number of likely N-dealkylation sites (N-methyl/N-ethyl adjacent to an activating group) is 1. The number of aryl methyl sites for hydroxylation is 1. The van der Waals surface area contributed by atoms with Gasteiger partial charge in [-0.1, -0.05) is 19.3 Å². The Kier molecular flexibility index (Phi) is 5.98. The molecule has 1 aliphatic rings. The van der Waals surface area contributed by atoms with Crippen LogP contribution in [0.5, 0.6) is 0 Å². The second kappa shape index (κ2) is 7.74. The Morgan fingerprint density at radius 3 is 2.75 bits per heavy atom. The largest absolute Gasteiger partial charge is 0.380 e. The molecule has 2 rings (SSSR count). The Bertz CT molecular complexity index is 387. The van der Waals surface area contributed by atoms with Gasteiger partial charge in [0, 0.05) is 26.1 Å². The van der Waals surface area contributed by atoms with Crippen LogP contribution in [0.25, 0.3) is 0 Å². The first kappa shape index (κ1) is 15.4. The molecule has 1 aliphatic carbocycles. The summed E-state index contributed by atoms with van der Waals surface area (Å²) in [4.78, 5) is 4.39. The molecular formula is C15H28N4O. The number of methoxy groups -OCH3 is 1. The minimum Gasteiger partial charge on any atom is -0.380 e. The van der Waals surface area contributed by atoms with E-state index in [1.54, 1.807) is 6.33 Å². The van der Waals surface area contributed by atoms with Crippen LogP contribution in [0.1, 0.15) is 44.9 Å². The molecule has 2 atom stereocenters. The molecule has 20 heavy (non-hydrogen) atoms. The van der Waals surface area contributed by atoms with Crippen molar-refractivity contribution in [3.63, 3.8) is 0 Å². The Labute approximate surface area is 122 Å². The van der Waals surface area contributed by atoms with Gasteiger partial charge in [0.25, 0.3) is 0 Å². The standard InChI is InChI=1S/C15H28N4O/c1-4-19-14(17-11-18-19)10-13(16-2)15(20-3)12-8-6-5-7-9-12/h11-13,15-16H,4-10H2,1-3H3. The van der Waals surface area contributed by atoms with Crippen LogP contribution in [-0.4, -0.2) is 41.1 Å². The molecule has 1 heterocycles. The van der Waals surface area contributed by atoms with Crippen molar-refractivity contribution in [1.29, 1.82) is 0 Å². The third-order valence-corrected chi connectivity index (χ3v) is 4.55. The van der Waals surface area contributed by atoms with E-state index in [2.05, 4.69) is 22.3 Å². The Morgan fingerprint density at radius 2 is 2.15 bits per heavy atom. The van der Waals surface area contributed by atoms with Crippen LogP contribution in [-0.2, 0) is 17.7 Å². The van der Waals surface area contributed by atoms with Crippen molar-refractivity contribution in [2.24, 2.45) is 5.92 Å². The quantitative estimate of drug-likeness (QED) is 0.830. The molecule has 1 fully saturated rings. The molecule has 1 aromatic heterocycles. The van der Waals surface area contributed by atoms with Gasteiger partial charge in [-0.2, -0.15) is 5.10 Å². The monoisotopic (exact) mass is 280 g/mol. The zero-order chi connectivity index (χ0) is 14.4. The maximum absolute atomic E-state index is 5.85. The highest BCUT2D eigenvalue weighted by Crippen LogP contribution is 2.29. The second-order valence-corrected chi connectivity index (χ2v) is 5.69. The lowest BCUT2D eigenvalue weighted by molar-refractivity contribution is 0.00947. The molecule has 2 unspecified atom stereocenters. The lowest BCUT2D eigenvalue weighted by atomic mass is 9.82. The average molecular weight is 280 g/mol. The van der Waals surface area contributed by atoms with Crippen LogP contribution in [0, 0.1) is 5.92 Å². The lowest BCUT2D eigenvalue weighted by Gasteiger charge is -2.34. The van der Waals surface area contributed by atoms with Crippen LogP contribution in [0.4, 0.5) is 0 Å². The Balaban J connectivity index is 2.04. The molecule has 114 valence electrons. The van der Waals surface area contributed by atoms with Crippen LogP contribution >= 0.6 is 0 Å². The molecule has 1 N–H and O–H groups in total. The Morgan fingerprint density at radius 1 is 1.40 bits per heavy atom. The van der Waals surface area contributed by atoms with Crippen molar-refractivity contribution < 1.29 is 4.74 Å². The van der Waals surface area contributed by atoms with Gasteiger partial charge in [0.05, 0.1) is 6.10 Å². The number of hydrogen-bond acceptors (Lipinski definition) is 4. The van der Waals surface area contributed by atoms with Crippen molar-refractivity contribution in [2.45, 2.75) is 64.1 Å². The predicted molar refractivity (Wildman–Crippen MR) is 79.6 cm³/mol. The number of rotatable bonds is 7. The van der Waals surface area contributed by atoms with Crippen molar-refractivity contribution in [3.8, 4) is 0 Å². The first-order valence-corrected chi connectivity index (χ1v) is 7.86. The summed E-state index contributed by atoms with van der Waals surface area (Å²) < 4.78 is 7.82. The fourth-order valence-electron chi connectivity index (χ4n) is 3.44. The summed E-state index contributed by atoms with van der Waals surface area (Å²) >= 11 is 0. The van der Waals surface area contributed by atoms with Crippen molar-refractivity contribution in [3.05, 3.63) is 12.2 Å². The normalized spacial score (nSPS) is 19.9. The molecule has 0 spiro atoms. The van der Waals surface area contributed by atoms with E-state index in [4.69, 9.17) is 4.74 Å². The number of hydrogen-bond donors (Lipinski definition) is 1. The molecule has 0 saturated heterocycles. The fraction of sp³-hybridized carbons (Fsp3) is 0.867. The lowest BCUT2D eigenvalue weighted by Crippen LogP contribution is -2.46. The Hall–Kier alpha value is -0.940. The SMILES string of the molecule is CCn1ncnc1CC(NC)C(OC)C1CCCCC1. The first-order chi connectivity index (χ1) is 9.80. The van der Waals surface area contributed by atoms with Gasteiger partial charge in [0.15, 0.2) is 0 Å². The van der Waals surface area contributed by atoms with Crippen molar-refractivity contribution in [1.82, 2.24) is 20.1 Å². The van der Waals surface area contributed by atoms with E-state index in [-0.39, 0.29) is 6.10 Å². The summed E-state index contributed by atoms with van der Waals surface area (Å²) in [6, 6.07) is 0.303. The summed E-state index contributed by atoms with van der Waals surface area (Å²) in [5.41, 5.74) is 0. The van der Waals surface area contributed by atoms with E-state index in [1.807, 2.05) is 18.8 Å². The molecule has 0 aromatic carbocycles. The van der Waals surface area contributed by atoms with Crippen molar-refractivity contribution in [2.75, 3.05) is 14.2 Å². The summed E-state index contributed by atoms with van der Waals surface area (Å²) in [7, 11) is 3.86. The summed E-state index contributed by atoms with van der Waals surface area (Å²) in [6.07, 6.45) is 9.42. The number of nitrogens with zero attached hydrogens (tertiary/aromatic N) is 3. The van der Waals surface area contributed by atoms with Gasteiger partial charge in [0.2, 0.25) is 0 Å². The van der Waals surface area contributed by atoms with Gasteiger partial charge in [-0.05, 0) is 32.7 Å². The zero-order valence-corrected chi connectivity index (χ0v) is 13.0. The van der Waals surface area contributed by atoms with Crippen molar-refractivity contribution >= 4 is 0 Å². The summed E-state index contributed by atoms with van der Waals surface area (Å²) in [6.45, 7) is 2.97. The summed E-state index contributed by atoms with van der Waals surface area (Å²) in [5, 5.41) is 7.69. The van der Waals surface area contributed by atoms with Gasteiger partial charge in [-0.25, -0.2) is 4.98 Å². The molecule has 1 saturated carbocycles. The topological polar surface area (TPSA) is 52.0 Å². The van der Waals surface area contributed by atoms with E-state index in [0.29, 0.717) is 12.0 Å². The highest BCUT2D eigenvalue weighted by Gasteiger charge is 2.30. The smallest absolute Gasteiger partial charge is 0.138 e. The number of aromatic nitrogens is 3. The van der Waals surface area contributed by atoms with Crippen LogP contribution in [0.15, 0.2) is 6.33 Å². The molecule has 5 heteroatoms. The van der Waals surface area contributed by atoms with Gasteiger partial charge >= 0.3 is 0 Å². The second-order valence-electron chi connectivity index (χ2n) is 5.69. The number of ether oxygens (including phenoxy) is 1. The number of nitrogens with one attached hydrogen (secondary N) is 1. The molecule has 0 aliphatic heterocycles. The van der Waals surface area contributed by atoms with Gasteiger partial charge in [-0.15, -0.1) is 0 Å². The molecular weight excluding hydrogens is 252 g/mol. The predicted octanol–water partition coefficient (Wildman–Crippen LogP) is 2.02. The van der Waals surface area contributed by atoms with E-state index in [9.17, 15) is 0 Å². The fourth-order valence-corrected chi connectivity index (χ4v) is 3.44. The third-order valence-electron chi connectivity index (χ3n) is 4.55. The average Bonchev–Trinajstić information content (AvgIpc) is 2.95. The maximum atomic E-state index is 5.85. The molecule has 0 amide bonds.